The minimum Gasteiger partial charge on any atom is -0.427 e. The molecule has 0 bridgehead atoms. The summed E-state index contributed by atoms with van der Waals surface area (Å²) >= 11 is 0. The van der Waals surface area contributed by atoms with Crippen LogP contribution in [-0.4, -0.2) is 71.7 Å². The molecule has 2 heterocycles. The highest BCUT2D eigenvalue weighted by Gasteiger charge is 2.57. The summed E-state index contributed by atoms with van der Waals surface area (Å²) < 4.78 is 10.2. The quantitative estimate of drug-likeness (QED) is 0.393. The maximum absolute atomic E-state index is 13.0. The molecule has 9 heteroatoms. The van der Waals surface area contributed by atoms with Gasteiger partial charge >= 0.3 is 11.9 Å². The Kier molecular flexibility index (Phi) is 6.65. The van der Waals surface area contributed by atoms with Crippen molar-refractivity contribution in [2.45, 2.75) is 46.3 Å². The van der Waals surface area contributed by atoms with E-state index < -0.39 is 36.2 Å². The molecule has 1 fully saturated rings. The molecule has 2 aliphatic heterocycles. The SMILES string of the molecule is C[C@@H](O)C1C(=O)N2C(C(=O)OCOC(=O)C(C)(C)C)=C(c3cccc(C(=O)N(C)C)c3)CC12. The number of nitrogens with zero attached hydrogens (tertiary/aromatic N) is 2. The maximum Gasteiger partial charge on any atom is 0.358 e. The summed E-state index contributed by atoms with van der Waals surface area (Å²) in [6.45, 7) is 5.98. The number of benzene rings is 1. The Hall–Kier alpha value is -3.20. The normalized spacial score (nSPS) is 20.7. The molecule has 3 atom stereocenters. The van der Waals surface area contributed by atoms with Crippen LogP contribution in [0, 0.1) is 11.3 Å². The molecule has 0 saturated carbocycles. The van der Waals surface area contributed by atoms with Crippen LogP contribution in [0.1, 0.15) is 50.0 Å². The number of carbonyl (C=O) groups is 4. The smallest absolute Gasteiger partial charge is 0.358 e. The summed E-state index contributed by atoms with van der Waals surface area (Å²) in [5, 5.41) is 10.0. The lowest BCUT2D eigenvalue weighted by molar-refractivity contribution is -0.175. The van der Waals surface area contributed by atoms with E-state index >= 15 is 0 Å². The molecule has 1 aromatic carbocycles. The third-order valence-corrected chi connectivity index (χ3v) is 5.78. The molecular formula is C24H30N2O7. The summed E-state index contributed by atoms with van der Waals surface area (Å²) in [5.74, 6) is -2.54. The second-order valence-corrected chi connectivity index (χ2v) is 9.59. The number of β-lactam (4-membered cyclic amide) rings is 1. The number of fused-ring (bicyclic) bond motifs is 1. The molecule has 2 amide bonds. The summed E-state index contributed by atoms with van der Waals surface area (Å²) in [6.07, 6.45) is -0.544. The van der Waals surface area contributed by atoms with Crippen LogP contribution in [0.3, 0.4) is 0 Å². The molecule has 0 aliphatic carbocycles. The summed E-state index contributed by atoms with van der Waals surface area (Å²) in [6, 6.07) is 6.40. The van der Waals surface area contributed by atoms with E-state index in [2.05, 4.69) is 0 Å². The zero-order chi connectivity index (χ0) is 24.7. The second-order valence-electron chi connectivity index (χ2n) is 9.59. The van der Waals surface area contributed by atoms with Crippen molar-refractivity contribution in [3.8, 4) is 0 Å². The highest BCUT2D eigenvalue weighted by molar-refractivity contribution is 6.07. The monoisotopic (exact) mass is 458 g/mol. The predicted molar refractivity (Wildman–Crippen MR) is 118 cm³/mol. The molecular weight excluding hydrogens is 428 g/mol. The lowest BCUT2D eigenvalue weighted by atomic mass is 9.82. The Morgan fingerprint density at radius 2 is 1.88 bits per heavy atom. The van der Waals surface area contributed by atoms with Crippen molar-refractivity contribution in [1.29, 1.82) is 0 Å². The van der Waals surface area contributed by atoms with E-state index in [0.29, 0.717) is 23.1 Å². The van der Waals surface area contributed by atoms with E-state index in [-0.39, 0.29) is 23.6 Å². The van der Waals surface area contributed by atoms with Crippen LogP contribution in [0.5, 0.6) is 0 Å². The Labute approximate surface area is 192 Å². The number of aliphatic hydroxyl groups is 1. The van der Waals surface area contributed by atoms with E-state index in [1.54, 1.807) is 59.1 Å². The van der Waals surface area contributed by atoms with Crippen molar-refractivity contribution in [2.75, 3.05) is 20.9 Å². The van der Waals surface area contributed by atoms with Gasteiger partial charge in [0.05, 0.1) is 23.5 Å². The molecule has 1 N–H and O–H groups in total. The van der Waals surface area contributed by atoms with Crippen molar-refractivity contribution in [2.24, 2.45) is 11.3 Å². The zero-order valence-corrected chi connectivity index (χ0v) is 19.7. The van der Waals surface area contributed by atoms with Gasteiger partial charge in [0, 0.05) is 19.7 Å². The Morgan fingerprint density at radius 1 is 1.21 bits per heavy atom. The van der Waals surface area contributed by atoms with E-state index in [1.165, 1.54) is 16.7 Å². The Morgan fingerprint density at radius 3 is 2.45 bits per heavy atom. The number of carbonyl (C=O) groups excluding carboxylic acids is 4. The van der Waals surface area contributed by atoms with Gasteiger partial charge < -0.3 is 24.4 Å². The molecule has 0 aromatic heterocycles. The van der Waals surface area contributed by atoms with Gasteiger partial charge in [0.1, 0.15) is 5.70 Å². The molecule has 1 aromatic rings. The molecule has 2 unspecified atom stereocenters. The average Bonchev–Trinajstić information content (AvgIpc) is 3.07. The molecule has 0 radical (unpaired) electrons. The molecule has 9 nitrogen and oxygen atoms in total. The molecule has 3 rings (SSSR count). The molecule has 2 aliphatic rings. The Balaban J connectivity index is 1.92. The molecule has 33 heavy (non-hydrogen) atoms. The van der Waals surface area contributed by atoms with E-state index in [0.717, 1.165) is 0 Å². The van der Waals surface area contributed by atoms with Gasteiger partial charge in [0.2, 0.25) is 12.7 Å². The first kappa shape index (κ1) is 24.4. The standard InChI is InChI=1S/C24H30N2O7/c1-13(27)18-17-11-16(14-8-7-9-15(10-14)20(28)25(5)6)19(26(17)21(18)29)22(30)32-12-33-23(31)24(2,3)4/h7-10,13,17-18,27H,11-12H2,1-6H3/t13-,17?,18?/m1/s1. The number of hydrogen-bond donors (Lipinski definition) is 1. The highest BCUT2D eigenvalue weighted by Crippen LogP contribution is 2.47. The van der Waals surface area contributed by atoms with Crippen LogP contribution >= 0.6 is 0 Å². The van der Waals surface area contributed by atoms with Crippen LogP contribution in [0.4, 0.5) is 0 Å². The average molecular weight is 459 g/mol. The van der Waals surface area contributed by atoms with Gasteiger partial charge in [0.15, 0.2) is 0 Å². The van der Waals surface area contributed by atoms with E-state index in [4.69, 9.17) is 9.47 Å². The summed E-state index contributed by atoms with van der Waals surface area (Å²) in [5.41, 5.74) is 0.865. The van der Waals surface area contributed by atoms with Crippen LogP contribution in [0.15, 0.2) is 30.0 Å². The minimum atomic E-state index is -0.871. The van der Waals surface area contributed by atoms with Crippen molar-refractivity contribution >= 4 is 29.3 Å². The fourth-order valence-corrected chi connectivity index (χ4v) is 4.04. The lowest BCUT2D eigenvalue weighted by Gasteiger charge is -2.44. The van der Waals surface area contributed by atoms with Crippen molar-refractivity contribution in [1.82, 2.24) is 9.80 Å². The van der Waals surface area contributed by atoms with Crippen molar-refractivity contribution in [3.05, 3.63) is 41.1 Å². The number of esters is 2. The number of amides is 2. The number of rotatable bonds is 6. The summed E-state index contributed by atoms with van der Waals surface area (Å²) in [4.78, 5) is 52.9. The summed E-state index contributed by atoms with van der Waals surface area (Å²) in [7, 11) is 3.28. The van der Waals surface area contributed by atoms with Crippen molar-refractivity contribution < 1.29 is 33.8 Å². The molecule has 1 saturated heterocycles. The topological polar surface area (TPSA) is 113 Å². The van der Waals surface area contributed by atoms with Gasteiger partial charge in [-0.15, -0.1) is 0 Å². The van der Waals surface area contributed by atoms with E-state index in [9.17, 15) is 24.3 Å². The number of aliphatic hydroxyl groups excluding tert-OH is 1. The maximum atomic E-state index is 13.0. The number of hydrogen-bond acceptors (Lipinski definition) is 7. The van der Waals surface area contributed by atoms with Gasteiger partial charge in [-0.3, -0.25) is 14.4 Å². The van der Waals surface area contributed by atoms with Crippen molar-refractivity contribution in [3.63, 3.8) is 0 Å². The number of ether oxygens (including phenoxy) is 2. The fourth-order valence-electron chi connectivity index (χ4n) is 4.04. The van der Waals surface area contributed by atoms with Crippen LogP contribution in [0.2, 0.25) is 0 Å². The third kappa shape index (κ3) is 4.64. The molecule has 0 spiro atoms. The zero-order valence-electron chi connectivity index (χ0n) is 19.7. The van der Waals surface area contributed by atoms with Crippen LogP contribution in [-0.2, 0) is 23.9 Å². The fraction of sp³-hybridized carbons (Fsp3) is 0.500. The molecule has 178 valence electrons. The van der Waals surface area contributed by atoms with E-state index in [1.807, 2.05) is 0 Å². The first-order valence-corrected chi connectivity index (χ1v) is 10.7. The third-order valence-electron chi connectivity index (χ3n) is 5.78. The first-order chi connectivity index (χ1) is 15.3. The largest absolute Gasteiger partial charge is 0.427 e. The van der Waals surface area contributed by atoms with Crippen LogP contribution in [0.25, 0.3) is 5.57 Å². The van der Waals surface area contributed by atoms with Gasteiger partial charge in [0.25, 0.3) is 5.91 Å². The minimum absolute atomic E-state index is 0.0446. The van der Waals surface area contributed by atoms with Gasteiger partial charge in [-0.1, -0.05) is 12.1 Å². The highest BCUT2D eigenvalue weighted by atomic mass is 16.7. The van der Waals surface area contributed by atoms with Gasteiger partial charge in [-0.2, -0.15) is 0 Å². The Bertz CT molecular complexity index is 1020. The second kappa shape index (κ2) is 8.97. The van der Waals surface area contributed by atoms with Gasteiger partial charge in [-0.25, -0.2) is 4.79 Å². The lowest BCUT2D eigenvalue weighted by Crippen LogP contribution is -2.61. The van der Waals surface area contributed by atoms with Crippen LogP contribution < -0.4 is 0 Å². The predicted octanol–water partition coefficient (Wildman–Crippen LogP) is 1.80. The van der Waals surface area contributed by atoms with Gasteiger partial charge in [-0.05, 0) is 57.4 Å². The first-order valence-electron chi connectivity index (χ1n) is 10.7.